The monoisotopic (exact) mass is 592 g/mol. The highest BCUT2D eigenvalue weighted by Gasteiger charge is 2.63. The van der Waals surface area contributed by atoms with E-state index in [2.05, 4.69) is 22.4 Å². The molecule has 11 heteroatoms. The molecular weight excluding hydrogens is 557 g/mol. The molecular formula is C32H35F3N6O2. The lowest BCUT2D eigenvalue weighted by atomic mass is 9.47. The fraction of sp³-hybridized carbons (Fsp3) is 0.500. The van der Waals surface area contributed by atoms with Gasteiger partial charge in [-0.3, -0.25) is 9.59 Å². The van der Waals surface area contributed by atoms with Crippen LogP contribution in [0.25, 0.3) is 0 Å². The molecule has 2 amide bonds. The number of nitrogens with zero attached hydrogens (tertiary/aromatic N) is 5. The second-order valence-corrected chi connectivity index (χ2v) is 13.5. The van der Waals surface area contributed by atoms with Gasteiger partial charge in [0.2, 0.25) is 5.91 Å². The first kappa shape index (κ1) is 28.1. The van der Waals surface area contributed by atoms with Gasteiger partial charge < -0.3 is 19.7 Å². The molecule has 7 rings (SSSR count). The molecule has 4 aliphatic rings. The van der Waals surface area contributed by atoms with Gasteiger partial charge in [-0.25, -0.2) is 0 Å². The molecule has 1 N–H and O–H groups in total. The number of likely N-dealkylation sites (tertiary alicyclic amines) is 1. The average molecular weight is 593 g/mol. The zero-order chi connectivity index (χ0) is 30.4. The Labute approximate surface area is 248 Å². The quantitative estimate of drug-likeness (QED) is 0.438. The maximum absolute atomic E-state index is 14.3. The fourth-order valence-corrected chi connectivity index (χ4v) is 7.85. The maximum Gasteiger partial charge on any atom is 0.416 e. The highest BCUT2D eigenvalue weighted by atomic mass is 19.4. The number of halogens is 3. The lowest BCUT2D eigenvalue weighted by molar-refractivity contribution is -0.154. The third kappa shape index (κ3) is 4.46. The number of carbonyl (C=O) groups is 2. The minimum atomic E-state index is -4.58. The average Bonchev–Trinajstić information content (AvgIpc) is 3.47. The van der Waals surface area contributed by atoms with Crippen molar-refractivity contribution in [1.29, 1.82) is 0 Å². The van der Waals surface area contributed by atoms with Crippen LogP contribution in [0.1, 0.15) is 84.4 Å². The van der Waals surface area contributed by atoms with Crippen molar-refractivity contribution in [3.63, 3.8) is 0 Å². The van der Waals surface area contributed by atoms with E-state index in [4.69, 9.17) is 0 Å². The Hall–Kier alpha value is -3.73. The van der Waals surface area contributed by atoms with E-state index in [1.54, 1.807) is 25.4 Å². The Bertz CT molecular complexity index is 1630. The first-order chi connectivity index (χ1) is 20.3. The minimum Gasteiger partial charge on any atom is -0.342 e. The van der Waals surface area contributed by atoms with Crippen molar-refractivity contribution >= 4 is 17.5 Å². The van der Waals surface area contributed by atoms with Crippen molar-refractivity contribution in [2.45, 2.75) is 76.2 Å². The number of alkyl halides is 3. The summed E-state index contributed by atoms with van der Waals surface area (Å²) in [4.78, 5) is 28.9. The predicted molar refractivity (Wildman–Crippen MR) is 153 cm³/mol. The molecule has 2 saturated carbocycles. The van der Waals surface area contributed by atoms with Gasteiger partial charge in [0.05, 0.1) is 17.5 Å². The van der Waals surface area contributed by atoms with Crippen LogP contribution < -0.4 is 10.2 Å². The van der Waals surface area contributed by atoms with Gasteiger partial charge >= 0.3 is 6.18 Å². The molecule has 3 aromatic rings. The van der Waals surface area contributed by atoms with Crippen LogP contribution in [0.15, 0.2) is 42.7 Å². The summed E-state index contributed by atoms with van der Waals surface area (Å²) in [6, 6.07) is 10.4. The zero-order valence-electron chi connectivity index (χ0n) is 24.6. The summed E-state index contributed by atoms with van der Waals surface area (Å²) in [5.41, 5.74) is 0.778. The van der Waals surface area contributed by atoms with Crippen LogP contribution >= 0.6 is 0 Å². The second kappa shape index (κ2) is 9.38. The third-order valence-electron chi connectivity index (χ3n) is 10.3. The van der Waals surface area contributed by atoms with Gasteiger partial charge in [0.1, 0.15) is 12.2 Å². The normalized spacial score (nSPS) is 21.3. The van der Waals surface area contributed by atoms with E-state index in [1.807, 2.05) is 34.7 Å². The van der Waals surface area contributed by atoms with Crippen LogP contribution in [-0.2, 0) is 36.5 Å². The first-order valence-electron chi connectivity index (χ1n) is 14.8. The molecule has 0 bridgehead atoms. The standard InChI is InChI=1S/C32H35F3N6O2/c1-20(42)40-17-30(18-40)15-31(16-30,28-38-37-19-39(28)3)22-6-4-7-23(12-22)41-14-25-24(27(41)43)10-21(11-26(25)32(33,34)35)13-36-29(2)8-5-9-29/h4,6-7,10-12,19,36H,5,8-9,13-18H2,1-3H3. The van der Waals surface area contributed by atoms with Gasteiger partial charge in [0, 0.05) is 55.8 Å². The van der Waals surface area contributed by atoms with Gasteiger partial charge in [-0.05, 0) is 80.0 Å². The molecule has 3 fully saturated rings. The number of rotatable bonds is 6. The maximum atomic E-state index is 14.3. The van der Waals surface area contributed by atoms with Gasteiger partial charge in [0.15, 0.2) is 0 Å². The first-order valence-corrected chi connectivity index (χ1v) is 14.8. The van der Waals surface area contributed by atoms with E-state index in [0.29, 0.717) is 24.3 Å². The van der Waals surface area contributed by atoms with Crippen molar-refractivity contribution in [2.75, 3.05) is 18.0 Å². The zero-order valence-corrected chi connectivity index (χ0v) is 24.6. The Morgan fingerprint density at radius 3 is 2.47 bits per heavy atom. The summed E-state index contributed by atoms with van der Waals surface area (Å²) in [5, 5.41) is 12.0. The number of amides is 2. The molecule has 43 heavy (non-hydrogen) atoms. The number of fused-ring (bicyclic) bond motifs is 1. The Kier molecular flexibility index (Phi) is 6.12. The molecule has 226 valence electrons. The van der Waals surface area contributed by atoms with E-state index in [9.17, 15) is 22.8 Å². The SMILES string of the molecule is CC(=O)N1CC2(C1)CC(c1cccc(N3Cc4c(cc(CNC5(C)CCC5)cc4C(F)(F)F)C3=O)c1)(c1nncn1C)C2. The number of hydrogen-bond donors (Lipinski definition) is 1. The van der Waals surface area contributed by atoms with Crippen molar-refractivity contribution in [3.05, 3.63) is 76.4 Å². The van der Waals surface area contributed by atoms with Crippen LogP contribution in [0.5, 0.6) is 0 Å². The van der Waals surface area contributed by atoms with Crippen molar-refractivity contribution < 1.29 is 22.8 Å². The minimum absolute atomic E-state index is 0.00405. The molecule has 1 spiro atoms. The van der Waals surface area contributed by atoms with Crippen LogP contribution in [0.3, 0.4) is 0 Å². The molecule has 2 aliphatic carbocycles. The smallest absolute Gasteiger partial charge is 0.342 e. The summed E-state index contributed by atoms with van der Waals surface area (Å²) in [6.07, 6.45) is 1.68. The van der Waals surface area contributed by atoms with E-state index < -0.39 is 23.1 Å². The van der Waals surface area contributed by atoms with E-state index >= 15 is 0 Å². The molecule has 1 aromatic heterocycles. The Balaban J connectivity index is 1.20. The number of anilines is 1. The number of nitrogens with one attached hydrogen (secondary N) is 1. The van der Waals surface area contributed by atoms with Gasteiger partial charge in [0.25, 0.3) is 5.91 Å². The molecule has 0 atom stereocenters. The van der Waals surface area contributed by atoms with Crippen molar-refractivity contribution in [2.24, 2.45) is 12.5 Å². The number of aromatic nitrogens is 3. The van der Waals surface area contributed by atoms with Gasteiger partial charge in [-0.2, -0.15) is 13.2 Å². The highest BCUT2D eigenvalue weighted by Crippen LogP contribution is 2.62. The number of hydrogen-bond acceptors (Lipinski definition) is 5. The van der Waals surface area contributed by atoms with Crippen LogP contribution in [-0.4, -0.2) is 50.1 Å². The van der Waals surface area contributed by atoms with Crippen molar-refractivity contribution in [1.82, 2.24) is 25.0 Å². The number of aryl methyl sites for hydroxylation is 1. The molecule has 2 aromatic carbocycles. The Morgan fingerprint density at radius 2 is 1.86 bits per heavy atom. The van der Waals surface area contributed by atoms with Crippen molar-refractivity contribution in [3.8, 4) is 0 Å². The summed E-state index contributed by atoms with van der Waals surface area (Å²) in [6.45, 7) is 5.17. The largest absolute Gasteiger partial charge is 0.416 e. The van der Waals surface area contributed by atoms with E-state index in [0.717, 1.165) is 43.5 Å². The summed E-state index contributed by atoms with van der Waals surface area (Å²) in [5.74, 6) is 0.428. The lowest BCUT2D eigenvalue weighted by Gasteiger charge is -2.63. The van der Waals surface area contributed by atoms with Crippen LogP contribution in [0, 0.1) is 5.41 Å². The predicted octanol–water partition coefficient (Wildman–Crippen LogP) is 4.95. The van der Waals surface area contributed by atoms with Gasteiger partial charge in [-0.1, -0.05) is 12.1 Å². The molecule has 1 saturated heterocycles. The summed E-state index contributed by atoms with van der Waals surface area (Å²) in [7, 11) is 1.89. The molecule has 3 heterocycles. The highest BCUT2D eigenvalue weighted by molar-refractivity contribution is 6.10. The van der Waals surface area contributed by atoms with Crippen LogP contribution in [0.4, 0.5) is 18.9 Å². The lowest BCUT2D eigenvalue weighted by Crippen LogP contribution is -2.68. The van der Waals surface area contributed by atoms with E-state index in [-0.39, 0.29) is 41.1 Å². The molecule has 0 radical (unpaired) electrons. The number of benzene rings is 2. The Morgan fingerprint density at radius 1 is 1.12 bits per heavy atom. The third-order valence-corrected chi connectivity index (χ3v) is 10.3. The second-order valence-electron chi connectivity index (χ2n) is 13.5. The fourth-order valence-electron chi connectivity index (χ4n) is 7.85. The summed E-state index contributed by atoms with van der Waals surface area (Å²) < 4.78 is 44.8. The number of carbonyl (C=O) groups excluding carboxylic acids is 2. The molecule has 0 unspecified atom stereocenters. The molecule has 2 aliphatic heterocycles. The van der Waals surface area contributed by atoms with Crippen LogP contribution in [0.2, 0.25) is 0 Å². The summed E-state index contributed by atoms with van der Waals surface area (Å²) >= 11 is 0. The topological polar surface area (TPSA) is 83.4 Å². The molecule has 8 nitrogen and oxygen atoms in total. The van der Waals surface area contributed by atoms with E-state index in [1.165, 1.54) is 11.0 Å². The van der Waals surface area contributed by atoms with Gasteiger partial charge in [-0.15, -0.1) is 10.2 Å².